The molecule has 0 bridgehead atoms. The molecule has 5 heteroatoms. The maximum absolute atomic E-state index is 11.0. The summed E-state index contributed by atoms with van der Waals surface area (Å²) in [5, 5.41) is -2.67. The van der Waals surface area contributed by atoms with Crippen LogP contribution in [-0.2, 0) is 13.6 Å². The number of rotatable bonds is 0. The van der Waals surface area contributed by atoms with Crippen molar-refractivity contribution in [1.29, 1.82) is 0 Å². The fourth-order valence-electron chi connectivity index (χ4n) is 0.626. The lowest BCUT2D eigenvalue weighted by molar-refractivity contribution is 0.106. The lowest BCUT2D eigenvalue weighted by Crippen LogP contribution is -2.14. The minimum absolute atomic E-state index is 0.0847. The van der Waals surface area contributed by atoms with Gasteiger partial charge in [-0.15, -0.1) is 0 Å². The highest BCUT2D eigenvalue weighted by Crippen LogP contribution is 2.59. The van der Waals surface area contributed by atoms with Crippen molar-refractivity contribution in [3.05, 3.63) is 0 Å². The standard InChI is InChI=1S/C4H8IO3P/c1-4-2-3-7-9(5,6)8-4/h4H,2-3H2,1H3. The summed E-state index contributed by atoms with van der Waals surface area (Å²) in [6.07, 6.45) is 0.925. The van der Waals surface area contributed by atoms with Gasteiger partial charge in [0.1, 0.15) is 0 Å². The van der Waals surface area contributed by atoms with Gasteiger partial charge in [-0.2, -0.15) is 0 Å². The first kappa shape index (κ1) is 7.98. The maximum atomic E-state index is 11.0. The average molecular weight is 262 g/mol. The molecule has 1 rings (SSSR count). The first-order valence-corrected chi connectivity index (χ1v) is 7.05. The normalized spacial score (nSPS) is 44.9. The van der Waals surface area contributed by atoms with Crippen LogP contribution in [0, 0.1) is 0 Å². The van der Waals surface area contributed by atoms with Crippen molar-refractivity contribution in [3.63, 3.8) is 0 Å². The summed E-state index contributed by atoms with van der Waals surface area (Å²) in [4.78, 5) is 0. The topological polar surface area (TPSA) is 35.5 Å². The van der Waals surface area contributed by atoms with Gasteiger partial charge in [-0.1, -0.05) is 0 Å². The molecular formula is C4H8IO3P. The van der Waals surface area contributed by atoms with Crippen LogP contribution in [0.25, 0.3) is 0 Å². The van der Waals surface area contributed by atoms with Gasteiger partial charge in [-0.25, -0.2) is 4.57 Å². The second kappa shape index (κ2) is 2.86. The van der Waals surface area contributed by atoms with E-state index in [0.717, 1.165) is 6.42 Å². The third-order valence-electron chi connectivity index (χ3n) is 1.08. The van der Waals surface area contributed by atoms with Crippen LogP contribution in [0.15, 0.2) is 0 Å². The molecule has 0 radical (unpaired) electrons. The maximum Gasteiger partial charge on any atom is 0.389 e. The lowest BCUT2D eigenvalue weighted by Gasteiger charge is -2.22. The van der Waals surface area contributed by atoms with Gasteiger partial charge in [0.25, 0.3) is 0 Å². The molecule has 1 aliphatic heterocycles. The smallest absolute Gasteiger partial charge is 0.301 e. The second-order valence-electron chi connectivity index (χ2n) is 1.97. The Hall–Kier alpha value is 0.880. The molecule has 2 atom stereocenters. The largest absolute Gasteiger partial charge is 0.389 e. The third-order valence-corrected chi connectivity index (χ3v) is 3.70. The summed E-state index contributed by atoms with van der Waals surface area (Å²) in [5.74, 6) is 0. The lowest BCUT2D eigenvalue weighted by atomic mass is 10.3. The Bertz CT molecular complexity index is 149. The zero-order chi connectivity index (χ0) is 6.91. The minimum Gasteiger partial charge on any atom is -0.301 e. The monoisotopic (exact) mass is 262 g/mol. The van der Waals surface area contributed by atoms with E-state index in [0.29, 0.717) is 6.61 Å². The molecule has 9 heavy (non-hydrogen) atoms. The highest BCUT2D eigenvalue weighted by atomic mass is 127. The second-order valence-corrected chi connectivity index (χ2v) is 6.84. The highest BCUT2D eigenvalue weighted by molar-refractivity contribution is 14.2. The molecule has 0 aliphatic carbocycles. The highest BCUT2D eigenvalue weighted by Gasteiger charge is 2.27. The van der Waals surface area contributed by atoms with E-state index in [-0.39, 0.29) is 6.10 Å². The van der Waals surface area contributed by atoms with Crippen LogP contribution in [0.2, 0.25) is 0 Å². The minimum atomic E-state index is -2.67. The predicted octanol–water partition coefficient (Wildman–Crippen LogP) is 2.35. The SMILES string of the molecule is CC1CCOP(=O)(I)O1. The number of hydrogen-bond acceptors (Lipinski definition) is 3. The van der Waals surface area contributed by atoms with Crippen LogP contribution in [0.4, 0.5) is 0 Å². The van der Waals surface area contributed by atoms with E-state index >= 15 is 0 Å². The van der Waals surface area contributed by atoms with Crippen LogP contribution >= 0.6 is 27.3 Å². The molecule has 0 aromatic carbocycles. The zero-order valence-electron chi connectivity index (χ0n) is 5.04. The van der Waals surface area contributed by atoms with Gasteiger partial charge in [0, 0.05) is 0 Å². The van der Waals surface area contributed by atoms with Crippen molar-refractivity contribution in [2.75, 3.05) is 6.61 Å². The molecule has 0 amide bonds. The number of hydrogen-bond donors (Lipinski definition) is 0. The van der Waals surface area contributed by atoms with Crippen molar-refractivity contribution in [1.82, 2.24) is 0 Å². The Morgan fingerprint density at radius 3 is 2.78 bits per heavy atom. The molecule has 1 fully saturated rings. The molecular weight excluding hydrogens is 254 g/mol. The Morgan fingerprint density at radius 1 is 1.78 bits per heavy atom. The Balaban J connectivity index is 2.51. The Labute approximate surface area is 67.1 Å². The van der Waals surface area contributed by atoms with Gasteiger partial charge in [0.05, 0.1) is 34.8 Å². The molecule has 2 unspecified atom stereocenters. The summed E-state index contributed by atoms with van der Waals surface area (Å²) >= 11 is 1.72. The van der Waals surface area contributed by atoms with Crippen molar-refractivity contribution >= 4 is 27.3 Å². The predicted molar refractivity (Wildman–Crippen MR) is 42.7 cm³/mol. The third kappa shape index (κ3) is 2.53. The van der Waals surface area contributed by atoms with Crippen molar-refractivity contribution in [3.8, 4) is 0 Å². The molecule has 0 N–H and O–H groups in total. The van der Waals surface area contributed by atoms with Gasteiger partial charge in [0.2, 0.25) is 0 Å². The summed E-state index contributed by atoms with van der Waals surface area (Å²) < 4.78 is 20.8. The summed E-state index contributed by atoms with van der Waals surface area (Å²) in [5.41, 5.74) is 0. The summed E-state index contributed by atoms with van der Waals surface area (Å²) in [7, 11) is 0. The fourth-order valence-corrected chi connectivity index (χ4v) is 3.30. The van der Waals surface area contributed by atoms with E-state index in [1.807, 2.05) is 6.92 Å². The van der Waals surface area contributed by atoms with Gasteiger partial charge >= 0.3 is 5.24 Å². The van der Waals surface area contributed by atoms with Crippen LogP contribution in [0.1, 0.15) is 13.3 Å². The first-order chi connectivity index (χ1) is 4.10. The van der Waals surface area contributed by atoms with E-state index in [9.17, 15) is 4.57 Å². The Morgan fingerprint density at radius 2 is 2.44 bits per heavy atom. The van der Waals surface area contributed by atoms with Gasteiger partial charge in [-0.05, 0) is 13.3 Å². The molecule has 1 aliphatic rings. The summed E-state index contributed by atoms with van der Waals surface area (Å²) in [6, 6.07) is 0. The molecule has 0 saturated carbocycles. The molecule has 0 aromatic rings. The van der Waals surface area contributed by atoms with E-state index in [4.69, 9.17) is 9.05 Å². The Kier molecular flexibility index (Phi) is 2.54. The van der Waals surface area contributed by atoms with Crippen molar-refractivity contribution in [2.24, 2.45) is 0 Å². The first-order valence-electron chi connectivity index (χ1n) is 2.73. The zero-order valence-corrected chi connectivity index (χ0v) is 8.09. The van der Waals surface area contributed by atoms with E-state index in [1.165, 1.54) is 0 Å². The number of halogens is 1. The van der Waals surface area contributed by atoms with Crippen LogP contribution < -0.4 is 0 Å². The molecule has 0 spiro atoms. The average Bonchev–Trinajstić information content (AvgIpc) is 1.60. The van der Waals surface area contributed by atoms with E-state index in [2.05, 4.69) is 0 Å². The van der Waals surface area contributed by atoms with Gasteiger partial charge < -0.3 is 4.52 Å². The van der Waals surface area contributed by atoms with E-state index in [1.54, 1.807) is 22.0 Å². The van der Waals surface area contributed by atoms with Crippen LogP contribution in [0.5, 0.6) is 0 Å². The van der Waals surface area contributed by atoms with Crippen LogP contribution in [0.3, 0.4) is 0 Å². The van der Waals surface area contributed by atoms with Crippen molar-refractivity contribution < 1.29 is 13.6 Å². The van der Waals surface area contributed by atoms with Gasteiger partial charge in [-0.3, -0.25) is 4.52 Å². The fraction of sp³-hybridized carbons (Fsp3) is 1.00. The molecule has 54 valence electrons. The molecule has 3 nitrogen and oxygen atoms in total. The molecule has 1 heterocycles. The van der Waals surface area contributed by atoms with Crippen LogP contribution in [-0.4, -0.2) is 12.7 Å². The molecule has 0 aromatic heterocycles. The molecule has 1 saturated heterocycles. The summed E-state index contributed by atoms with van der Waals surface area (Å²) in [6.45, 7) is 2.45. The quantitative estimate of drug-likeness (QED) is 0.496. The van der Waals surface area contributed by atoms with Crippen molar-refractivity contribution in [2.45, 2.75) is 19.4 Å². The van der Waals surface area contributed by atoms with E-state index < -0.39 is 5.24 Å². The van der Waals surface area contributed by atoms with Gasteiger partial charge in [0.15, 0.2) is 0 Å².